The van der Waals surface area contributed by atoms with Crippen molar-refractivity contribution in [3.63, 3.8) is 0 Å². The number of ether oxygens (including phenoxy) is 1. The van der Waals surface area contributed by atoms with Crippen molar-refractivity contribution < 1.29 is 4.74 Å². The number of aromatic nitrogens is 6. The van der Waals surface area contributed by atoms with Crippen LogP contribution in [0.5, 0.6) is 5.75 Å². The van der Waals surface area contributed by atoms with E-state index in [1.54, 1.807) is 0 Å². The van der Waals surface area contributed by atoms with Crippen molar-refractivity contribution in [2.24, 2.45) is 0 Å². The molecule has 10 aromatic rings. The highest BCUT2D eigenvalue weighted by Crippen LogP contribution is 2.52. The molecule has 0 bridgehead atoms. The van der Waals surface area contributed by atoms with Gasteiger partial charge < -0.3 is 4.74 Å². The molecule has 8 heteroatoms. The molecule has 0 saturated carbocycles. The minimum absolute atomic E-state index is 0.255. The molecule has 2 aliphatic heterocycles. The lowest BCUT2D eigenvalue weighted by Crippen LogP contribution is -2.31. The summed E-state index contributed by atoms with van der Waals surface area (Å²) in [6.45, 7) is 8.80. The molecule has 0 unspecified atom stereocenters. The number of nitrogens with zero attached hydrogens (tertiary/aromatic N) is 7. The first-order valence-corrected chi connectivity index (χ1v) is 23.0. The number of rotatable bonds is 7. The van der Waals surface area contributed by atoms with E-state index in [-0.39, 0.29) is 5.41 Å². The zero-order valence-electron chi connectivity index (χ0n) is 38.1. The molecular weight excluding hydrogens is 835 g/mol. The van der Waals surface area contributed by atoms with Crippen LogP contribution in [0.15, 0.2) is 200 Å². The molecule has 0 radical (unpaired) electrons. The van der Waals surface area contributed by atoms with Crippen molar-refractivity contribution in [3.8, 4) is 84.9 Å². The molecule has 0 atom stereocenters. The quantitative estimate of drug-likeness (QED) is 0.156. The second kappa shape index (κ2) is 16.1. The smallest absolute Gasteiger partial charge is 0.238 e. The highest BCUT2D eigenvalue weighted by atomic mass is 16.5. The van der Waals surface area contributed by atoms with E-state index in [0.29, 0.717) is 35.1 Å². The Labute approximate surface area is 395 Å². The summed E-state index contributed by atoms with van der Waals surface area (Å²) in [5, 5.41) is 0. The molecule has 12 rings (SSSR count). The first kappa shape index (κ1) is 40.9. The summed E-state index contributed by atoms with van der Waals surface area (Å²) < 4.78 is 6.82. The van der Waals surface area contributed by atoms with Crippen LogP contribution in [0.25, 0.3) is 79.2 Å². The summed E-state index contributed by atoms with van der Waals surface area (Å²) in [7, 11) is 0. The summed E-state index contributed by atoms with van der Waals surface area (Å²) in [4.78, 5) is 33.7. The molecule has 2 aromatic heterocycles. The largest absolute Gasteiger partial charge is 0.482 e. The fourth-order valence-electron chi connectivity index (χ4n) is 9.81. The van der Waals surface area contributed by atoms with Crippen LogP contribution in [0.3, 0.4) is 0 Å². The van der Waals surface area contributed by atoms with E-state index < -0.39 is 5.60 Å². The van der Waals surface area contributed by atoms with Gasteiger partial charge in [0.15, 0.2) is 29.1 Å². The summed E-state index contributed by atoms with van der Waals surface area (Å²) in [6, 6.07) is 68.6. The van der Waals surface area contributed by atoms with Gasteiger partial charge in [-0.25, -0.2) is 19.9 Å². The molecule has 2 aliphatic rings. The maximum absolute atomic E-state index is 6.82. The Balaban J connectivity index is 1.10. The lowest BCUT2D eigenvalue weighted by molar-refractivity contribution is 0.106. The van der Waals surface area contributed by atoms with Crippen LogP contribution in [0.4, 0.5) is 17.3 Å². The first-order chi connectivity index (χ1) is 33.2. The molecule has 8 aromatic carbocycles. The molecule has 0 fully saturated rings. The van der Waals surface area contributed by atoms with Crippen molar-refractivity contribution in [2.75, 3.05) is 4.90 Å². The minimum Gasteiger partial charge on any atom is -0.482 e. The van der Waals surface area contributed by atoms with Gasteiger partial charge in [0.25, 0.3) is 0 Å². The van der Waals surface area contributed by atoms with Crippen LogP contribution >= 0.6 is 0 Å². The van der Waals surface area contributed by atoms with E-state index in [9.17, 15) is 0 Å². The fraction of sp³-hybridized carbons (Fsp3) is 0.100. The second-order valence-electron chi connectivity index (χ2n) is 18.3. The van der Waals surface area contributed by atoms with Crippen molar-refractivity contribution in [3.05, 3.63) is 217 Å². The Hall–Kier alpha value is -8.62. The zero-order chi connectivity index (χ0) is 46.0. The van der Waals surface area contributed by atoms with Crippen molar-refractivity contribution in [2.45, 2.75) is 38.7 Å². The highest BCUT2D eigenvalue weighted by molar-refractivity contribution is 5.89. The average molecular weight is 880 g/mol. The van der Waals surface area contributed by atoms with Crippen LogP contribution in [-0.4, -0.2) is 29.9 Å². The van der Waals surface area contributed by atoms with Crippen molar-refractivity contribution in [1.29, 1.82) is 0 Å². The molecule has 326 valence electrons. The zero-order valence-corrected chi connectivity index (χ0v) is 38.1. The topological polar surface area (TPSA) is 89.8 Å². The number of hydrogen-bond donors (Lipinski definition) is 0. The standard InChI is InChI=1S/C60H45N7O/c1-59(2)48-28-16-18-30-50(48)67(51-31-19-17-29-49(51)59)58-65-55(40-24-12-7-13-25-40)62-56(66-58)42-33-34-43(41-32-35-45-44-26-14-15-27-47(44)60(3,4)68-52(45)37-41)46(36-42)57-63-53(38-20-8-5-9-21-38)61-54(64-57)39-22-10-6-11-23-39/h5-37H,1-4H3. The molecule has 4 heterocycles. The fourth-order valence-corrected chi connectivity index (χ4v) is 9.81. The van der Waals surface area contributed by atoms with Gasteiger partial charge in [-0.1, -0.05) is 190 Å². The molecule has 0 spiro atoms. The maximum Gasteiger partial charge on any atom is 0.238 e. The third kappa shape index (κ3) is 7.00. The normalized spacial score (nSPS) is 13.9. The van der Waals surface area contributed by atoms with Gasteiger partial charge in [-0.05, 0) is 65.9 Å². The summed E-state index contributed by atoms with van der Waals surface area (Å²) in [5.41, 5.74) is 13.1. The van der Waals surface area contributed by atoms with Gasteiger partial charge in [-0.2, -0.15) is 9.97 Å². The Kier molecular flexibility index (Phi) is 9.65. The Morgan fingerprint density at radius 1 is 0.338 bits per heavy atom. The predicted molar refractivity (Wildman–Crippen MR) is 272 cm³/mol. The van der Waals surface area contributed by atoms with Crippen molar-refractivity contribution in [1.82, 2.24) is 29.9 Å². The third-order valence-corrected chi connectivity index (χ3v) is 13.2. The SMILES string of the molecule is CC1(C)Oc2cc(-c3ccc(-c4nc(-c5ccccc5)nc(N5c6ccccc6C(C)(C)c6ccccc65)n4)cc3-c3nc(-c4ccccc4)nc(-c4ccccc4)n3)ccc2-c2ccccc21. The van der Waals surface area contributed by atoms with Crippen LogP contribution < -0.4 is 9.64 Å². The van der Waals surface area contributed by atoms with Gasteiger partial charge in [-0.15, -0.1) is 0 Å². The molecule has 0 saturated heterocycles. The van der Waals surface area contributed by atoms with Gasteiger partial charge >= 0.3 is 0 Å². The van der Waals surface area contributed by atoms with E-state index in [2.05, 4.69) is 142 Å². The average Bonchev–Trinajstić information content (AvgIpc) is 3.39. The number of anilines is 3. The molecule has 0 N–H and O–H groups in total. The molecular formula is C60H45N7O. The van der Waals surface area contributed by atoms with Crippen LogP contribution in [0.1, 0.15) is 44.4 Å². The third-order valence-electron chi connectivity index (χ3n) is 13.2. The predicted octanol–water partition coefficient (Wildman–Crippen LogP) is 14.5. The van der Waals surface area contributed by atoms with Crippen LogP contribution in [0, 0.1) is 0 Å². The Morgan fingerprint density at radius 2 is 0.779 bits per heavy atom. The van der Waals surface area contributed by atoms with Gasteiger partial charge in [0.2, 0.25) is 5.95 Å². The van der Waals surface area contributed by atoms with Crippen LogP contribution in [0.2, 0.25) is 0 Å². The van der Waals surface area contributed by atoms with E-state index in [1.165, 1.54) is 16.7 Å². The summed E-state index contributed by atoms with van der Waals surface area (Å²) in [6.07, 6.45) is 0. The monoisotopic (exact) mass is 879 g/mol. The van der Waals surface area contributed by atoms with Gasteiger partial charge in [0, 0.05) is 44.4 Å². The maximum atomic E-state index is 6.82. The van der Waals surface area contributed by atoms with Crippen molar-refractivity contribution >= 4 is 17.3 Å². The number of fused-ring (bicyclic) bond motifs is 5. The number of benzene rings is 8. The molecule has 0 aliphatic carbocycles. The summed E-state index contributed by atoms with van der Waals surface area (Å²) >= 11 is 0. The minimum atomic E-state index is -0.531. The Morgan fingerprint density at radius 3 is 1.35 bits per heavy atom. The summed E-state index contributed by atoms with van der Waals surface area (Å²) in [5.74, 6) is 4.04. The second-order valence-corrected chi connectivity index (χ2v) is 18.3. The number of hydrogen-bond acceptors (Lipinski definition) is 8. The van der Waals surface area contributed by atoms with Gasteiger partial charge in [-0.3, -0.25) is 4.90 Å². The lowest BCUT2D eigenvalue weighted by atomic mass is 9.74. The first-order valence-electron chi connectivity index (χ1n) is 23.0. The lowest BCUT2D eigenvalue weighted by Gasteiger charge is -2.40. The highest BCUT2D eigenvalue weighted by Gasteiger charge is 2.38. The molecule has 68 heavy (non-hydrogen) atoms. The van der Waals surface area contributed by atoms with E-state index in [1.807, 2.05) is 91.0 Å². The Bertz CT molecular complexity index is 3450. The van der Waals surface area contributed by atoms with Crippen LogP contribution in [-0.2, 0) is 11.0 Å². The molecule has 0 amide bonds. The molecule has 8 nitrogen and oxygen atoms in total. The van der Waals surface area contributed by atoms with E-state index >= 15 is 0 Å². The number of para-hydroxylation sites is 2. The van der Waals surface area contributed by atoms with Gasteiger partial charge in [0.05, 0.1) is 11.4 Å². The van der Waals surface area contributed by atoms with Gasteiger partial charge in [0.1, 0.15) is 11.4 Å². The van der Waals surface area contributed by atoms with E-state index in [4.69, 9.17) is 34.6 Å². The van der Waals surface area contributed by atoms with E-state index in [0.717, 1.165) is 67.2 Å².